The molecule has 1 unspecified atom stereocenters. The molecule has 0 fully saturated rings. The van der Waals surface area contributed by atoms with E-state index in [4.69, 9.17) is 5.73 Å². The fourth-order valence-corrected chi connectivity index (χ4v) is 2.52. The molecule has 0 saturated carbocycles. The SMILES string of the molecule is CC(C)C1=NN(c2nccs2)C(=O)C1CCN. The number of carbonyl (C=O) groups excluding carboxylic acids is 1. The van der Waals surface area contributed by atoms with Crippen molar-refractivity contribution in [2.24, 2.45) is 22.7 Å². The first-order valence-corrected chi connectivity index (χ1v) is 6.55. The molecule has 2 rings (SSSR count). The Kier molecular flexibility index (Phi) is 3.54. The van der Waals surface area contributed by atoms with Crippen LogP contribution in [0.3, 0.4) is 0 Å². The molecule has 0 radical (unpaired) electrons. The van der Waals surface area contributed by atoms with Gasteiger partial charge in [-0.2, -0.15) is 10.1 Å². The summed E-state index contributed by atoms with van der Waals surface area (Å²) in [6, 6.07) is 0. The topological polar surface area (TPSA) is 71.6 Å². The summed E-state index contributed by atoms with van der Waals surface area (Å²) in [7, 11) is 0. The summed E-state index contributed by atoms with van der Waals surface area (Å²) in [5.41, 5.74) is 6.47. The molecule has 5 nitrogen and oxygen atoms in total. The molecule has 0 spiro atoms. The standard InChI is InChI=1S/C11H16N4OS/c1-7(2)9-8(3-4-12)10(16)15(14-9)11-13-5-6-17-11/h5-8H,3-4,12H2,1-2H3. The van der Waals surface area contributed by atoms with Crippen molar-refractivity contribution >= 4 is 28.1 Å². The third kappa shape index (κ3) is 2.23. The van der Waals surface area contributed by atoms with Gasteiger partial charge in [0.05, 0.1) is 11.6 Å². The minimum atomic E-state index is -0.177. The van der Waals surface area contributed by atoms with Crippen LogP contribution in [-0.2, 0) is 4.79 Å². The minimum absolute atomic E-state index is 0.00546. The van der Waals surface area contributed by atoms with Gasteiger partial charge in [-0.3, -0.25) is 4.79 Å². The van der Waals surface area contributed by atoms with Crippen LogP contribution in [0.25, 0.3) is 0 Å². The molecule has 0 aliphatic carbocycles. The van der Waals surface area contributed by atoms with Crippen molar-refractivity contribution in [1.82, 2.24) is 4.98 Å². The highest BCUT2D eigenvalue weighted by Crippen LogP contribution is 2.29. The zero-order valence-corrected chi connectivity index (χ0v) is 10.8. The highest BCUT2D eigenvalue weighted by atomic mass is 32.1. The van der Waals surface area contributed by atoms with E-state index in [0.29, 0.717) is 18.1 Å². The Hall–Kier alpha value is -1.27. The number of thiazole rings is 1. The molecule has 1 aromatic rings. The average Bonchev–Trinajstić information content (AvgIpc) is 2.88. The number of hydrogen-bond acceptors (Lipinski definition) is 5. The number of hydrazone groups is 1. The van der Waals surface area contributed by atoms with E-state index in [2.05, 4.69) is 10.1 Å². The first kappa shape index (κ1) is 12.2. The smallest absolute Gasteiger partial charge is 0.258 e. The molecule has 1 aliphatic rings. The molecule has 1 atom stereocenters. The minimum Gasteiger partial charge on any atom is -0.330 e. The summed E-state index contributed by atoms with van der Waals surface area (Å²) in [4.78, 5) is 16.4. The second-order valence-corrected chi connectivity index (χ2v) is 5.15. The molecular weight excluding hydrogens is 236 g/mol. The fourth-order valence-electron chi connectivity index (χ4n) is 1.92. The van der Waals surface area contributed by atoms with E-state index in [1.807, 2.05) is 19.2 Å². The molecule has 0 bridgehead atoms. The second-order valence-electron chi connectivity index (χ2n) is 4.27. The van der Waals surface area contributed by atoms with Gasteiger partial charge in [-0.05, 0) is 18.9 Å². The van der Waals surface area contributed by atoms with Gasteiger partial charge in [0.15, 0.2) is 0 Å². The van der Waals surface area contributed by atoms with Crippen molar-refractivity contribution in [3.05, 3.63) is 11.6 Å². The maximum atomic E-state index is 12.2. The van der Waals surface area contributed by atoms with Gasteiger partial charge in [0, 0.05) is 11.6 Å². The largest absolute Gasteiger partial charge is 0.330 e. The van der Waals surface area contributed by atoms with E-state index >= 15 is 0 Å². The maximum absolute atomic E-state index is 12.2. The van der Waals surface area contributed by atoms with Crippen molar-refractivity contribution in [2.45, 2.75) is 20.3 Å². The number of rotatable bonds is 4. The molecule has 1 aromatic heterocycles. The average molecular weight is 252 g/mol. The lowest BCUT2D eigenvalue weighted by atomic mass is 9.92. The van der Waals surface area contributed by atoms with Crippen molar-refractivity contribution in [2.75, 3.05) is 11.6 Å². The fraction of sp³-hybridized carbons (Fsp3) is 0.545. The Morgan fingerprint density at radius 2 is 2.35 bits per heavy atom. The van der Waals surface area contributed by atoms with Crippen LogP contribution in [0.4, 0.5) is 5.13 Å². The number of anilines is 1. The molecule has 6 heteroatoms. The number of nitrogens with zero attached hydrogens (tertiary/aromatic N) is 3. The lowest BCUT2D eigenvalue weighted by Crippen LogP contribution is -2.30. The van der Waals surface area contributed by atoms with E-state index in [-0.39, 0.29) is 17.7 Å². The summed E-state index contributed by atoms with van der Waals surface area (Å²) >= 11 is 1.41. The van der Waals surface area contributed by atoms with Gasteiger partial charge in [-0.1, -0.05) is 13.8 Å². The summed E-state index contributed by atoms with van der Waals surface area (Å²) in [5, 5.41) is 8.29. The molecule has 1 aliphatic heterocycles. The molecule has 2 N–H and O–H groups in total. The first-order valence-electron chi connectivity index (χ1n) is 5.67. The van der Waals surface area contributed by atoms with Crippen LogP contribution in [0, 0.1) is 11.8 Å². The van der Waals surface area contributed by atoms with E-state index in [1.54, 1.807) is 6.20 Å². The predicted molar refractivity (Wildman–Crippen MR) is 69.0 cm³/mol. The summed E-state index contributed by atoms with van der Waals surface area (Å²) in [6.45, 7) is 4.58. The van der Waals surface area contributed by atoms with Crippen LogP contribution in [0.1, 0.15) is 20.3 Å². The number of carbonyl (C=O) groups is 1. The second kappa shape index (κ2) is 4.93. The van der Waals surface area contributed by atoms with Crippen molar-refractivity contribution < 1.29 is 4.79 Å². The van der Waals surface area contributed by atoms with Gasteiger partial charge in [0.25, 0.3) is 5.91 Å². The van der Waals surface area contributed by atoms with Crippen LogP contribution < -0.4 is 10.7 Å². The lowest BCUT2D eigenvalue weighted by molar-refractivity contribution is -0.119. The van der Waals surface area contributed by atoms with Gasteiger partial charge in [0.2, 0.25) is 5.13 Å². The third-order valence-electron chi connectivity index (χ3n) is 2.73. The van der Waals surface area contributed by atoms with Crippen LogP contribution in [-0.4, -0.2) is 23.1 Å². The van der Waals surface area contributed by atoms with Gasteiger partial charge in [-0.25, -0.2) is 4.98 Å². The van der Waals surface area contributed by atoms with Gasteiger partial charge in [-0.15, -0.1) is 11.3 Å². The molecule has 1 amide bonds. The first-order chi connectivity index (χ1) is 8.15. The van der Waals surface area contributed by atoms with Crippen LogP contribution in [0.5, 0.6) is 0 Å². The Morgan fingerprint density at radius 3 is 2.88 bits per heavy atom. The summed E-state index contributed by atoms with van der Waals surface area (Å²) in [5.74, 6) is 0.0680. The van der Waals surface area contributed by atoms with E-state index in [1.165, 1.54) is 16.3 Å². The Morgan fingerprint density at radius 1 is 1.59 bits per heavy atom. The molecule has 0 aromatic carbocycles. The zero-order valence-electron chi connectivity index (χ0n) is 9.96. The predicted octanol–water partition coefficient (Wildman–Crippen LogP) is 1.47. The van der Waals surface area contributed by atoms with E-state index in [9.17, 15) is 4.79 Å². The van der Waals surface area contributed by atoms with Gasteiger partial charge >= 0.3 is 0 Å². The molecule has 0 saturated heterocycles. The van der Waals surface area contributed by atoms with Gasteiger partial charge < -0.3 is 5.73 Å². The highest BCUT2D eigenvalue weighted by Gasteiger charge is 2.37. The van der Waals surface area contributed by atoms with Crippen molar-refractivity contribution in [3.63, 3.8) is 0 Å². The van der Waals surface area contributed by atoms with Crippen LogP contribution in [0.2, 0.25) is 0 Å². The van der Waals surface area contributed by atoms with Crippen LogP contribution >= 0.6 is 11.3 Å². The van der Waals surface area contributed by atoms with Crippen molar-refractivity contribution in [1.29, 1.82) is 0 Å². The normalized spacial score (nSPS) is 20.2. The zero-order chi connectivity index (χ0) is 12.4. The quantitative estimate of drug-likeness (QED) is 0.882. The van der Waals surface area contributed by atoms with Crippen LogP contribution in [0.15, 0.2) is 16.7 Å². The number of hydrogen-bond donors (Lipinski definition) is 1. The highest BCUT2D eigenvalue weighted by molar-refractivity contribution is 7.13. The number of amides is 1. The summed E-state index contributed by atoms with van der Waals surface area (Å²) in [6.07, 6.45) is 2.33. The summed E-state index contributed by atoms with van der Waals surface area (Å²) < 4.78 is 0. The Bertz CT molecular complexity index is 427. The van der Waals surface area contributed by atoms with Gasteiger partial charge in [0.1, 0.15) is 0 Å². The molecule has 17 heavy (non-hydrogen) atoms. The Balaban J connectivity index is 2.29. The molecular formula is C11H16N4OS. The molecule has 2 heterocycles. The third-order valence-corrected chi connectivity index (χ3v) is 3.47. The monoisotopic (exact) mass is 252 g/mol. The van der Waals surface area contributed by atoms with Crippen molar-refractivity contribution in [3.8, 4) is 0 Å². The maximum Gasteiger partial charge on any atom is 0.258 e. The van der Waals surface area contributed by atoms with E-state index < -0.39 is 0 Å². The number of nitrogens with two attached hydrogens (primary N) is 1. The molecule has 92 valence electrons. The van der Waals surface area contributed by atoms with E-state index in [0.717, 1.165) is 5.71 Å². The Labute approximate surface area is 104 Å². The number of aromatic nitrogens is 1. The lowest BCUT2D eigenvalue weighted by Gasteiger charge is -2.12.